The summed E-state index contributed by atoms with van der Waals surface area (Å²) in [7, 11) is 0. The molecule has 0 bridgehead atoms. The molecule has 184 valence electrons. The molecule has 0 saturated carbocycles. The van der Waals surface area contributed by atoms with Crippen LogP contribution in [0, 0.1) is 0 Å². The number of nitrogens with zero attached hydrogens (tertiary/aromatic N) is 1. The molecule has 3 atom stereocenters. The SMILES string of the molecule is CSCC[C@H](NC(=O)[C@H](Cc1ccccc1)NC(=O)[C@H](Cc1cnc[nH]1)NC(=O)CN)C(N)=O. The number of carbonyl (C=O) groups is 4. The van der Waals surface area contributed by atoms with E-state index in [-0.39, 0.29) is 19.4 Å². The molecule has 0 saturated heterocycles. The van der Waals surface area contributed by atoms with Crippen molar-refractivity contribution < 1.29 is 19.2 Å². The van der Waals surface area contributed by atoms with Crippen LogP contribution in [0.15, 0.2) is 42.9 Å². The van der Waals surface area contributed by atoms with Crippen LogP contribution in [0.5, 0.6) is 0 Å². The van der Waals surface area contributed by atoms with Gasteiger partial charge in [0.15, 0.2) is 0 Å². The third-order valence-electron chi connectivity index (χ3n) is 5.00. The van der Waals surface area contributed by atoms with Crippen molar-refractivity contribution in [2.75, 3.05) is 18.6 Å². The number of thioether (sulfide) groups is 1. The average Bonchev–Trinajstić information content (AvgIpc) is 3.34. The maximum atomic E-state index is 13.1. The molecule has 1 aromatic carbocycles. The predicted octanol–water partition coefficient (Wildman–Crippen LogP) is -1.15. The lowest BCUT2D eigenvalue weighted by Crippen LogP contribution is -2.57. The van der Waals surface area contributed by atoms with E-state index in [1.807, 2.05) is 36.6 Å². The van der Waals surface area contributed by atoms with Gasteiger partial charge in [0, 0.05) is 24.7 Å². The Kier molecular flexibility index (Phi) is 11.1. The third kappa shape index (κ3) is 8.87. The van der Waals surface area contributed by atoms with Crippen LogP contribution in [-0.2, 0) is 32.0 Å². The van der Waals surface area contributed by atoms with E-state index < -0.39 is 41.8 Å². The molecule has 34 heavy (non-hydrogen) atoms. The molecule has 0 aliphatic heterocycles. The number of nitrogens with two attached hydrogens (primary N) is 2. The Balaban J connectivity index is 2.21. The van der Waals surface area contributed by atoms with E-state index in [9.17, 15) is 19.2 Å². The minimum absolute atomic E-state index is 0.120. The van der Waals surface area contributed by atoms with E-state index in [0.717, 1.165) is 5.56 Å². The number of aromatic amines is 1. The number of imidazole rings is 1. The Morgan fingerprint density at radius 3 is 2.21 bits per heavy atom. The summed E-state index contributed by atoms with van der Waals surface area (Å²) < 4.78 is 0. The Bertz CT molecular complexity index is 940. The molecule has 2 aromatic rings. The van der Waals surface area contributed by atoms with Gasteiger partial charge in [0.1, 0.15) is 18.1 Å². The summed E-state index contributed by atoms with van der Waals surface area (Å²) in [5.41, 5.74) is 12.3. The number of amides is 4. The topological polar surface area (TPSA) is 185 Å². The van der Waals surface area contributed by atoms with Crippen LogP contribution in [0.25, 0.3) is 0 Å². The zero-order valence-corrected chi connectivity index (χ0v) is 19.8. The summed E-state index contributed by atoms with van der Waals surface area (Å²) >= 11 is 1.52. The second-order valence-corrected chi connectivity index (χ2v) is 8.59. The summed E-state index contributed by atoms with van der Waals surface area (Å²) in [4.78, 5) is 56.8. The third-order valence-corrected chi connectivity index (χ3v) is 5.65. The molecule has 0 radical (unpaired) electrons. The first-order chi connectivity index (χ1) is 16.3. The van der Waals surface area contributed by atoms with Gasteiger partial charge in [-0.1, -0.05) is 30.3 Å². The van der Waals surface area contributed by atoms with E-state index in [1.54, 1.807) is 0 Å². The Labute approximate surface area is 202 Å². The summed E-state index contributed by atoms with van der Waals surface area (Å²) in [5.74, 6) is -1.67. The highest BCUT2D eigenvalue weighted by molar-refractivity contribution is 7.98. The Hall–Kier alpha value is -3.38. The highest BCUT2D eigenvalue weighted by Gasteiger charge is 2.29. The molecule has 1 aromatic heterocycles. The van der Waals surface area contributed by atoms with Crippen LogP contribution in [0.2, 0.25) is 0 Å². The number of carbonyl (C=O) groups excluding carboxylic acids is 4. The van der Waals surface area contributed by atoms with Crippen LogP contribution in [0.4, 0.5) is 0 Å². The van der Waals surface area contributed by atoms with Gasteiger partial charge in [0.2, 0.25) is 23.6 Å². The van der Waals surface area contributed by atoms with Gasteiger partial charge in [0.25, 0.3) is 0 Å². The number of aromatic nitrogens is 2. The van der Waals surface area contributed by atoms with Gasteiger partial charge in [-0.05, 0) is 24.0 Å². The molecular weight excluding hydrogens is 458 g/mol. The number of hydrogen-bond donors (Lipinski definition) is 6. The first-order valence-electron chi connectivity index (χ1n) is 10.7. The number of hydrogen-bond acceptors (Lipinski definition) is 7. The van der Waals surface area contributed by atoms with E-state index in [2.05, 4.69) is 25.9 Å². The molecule has 12 heteroatoms. The fraction of sp³-hybridized carbons (Fsp3) is 0.409. The van der Waals surface area contributed by atoms with Crippen molar-refractivity contribution in [3.05, 3.63) is 54.1 Å². The number of nitrogens with one attached hydrogen (secondary N) is 4. The lowest BCUT2D eigenvalue weighted by molar-refractivity contribution is -0.133. The van der Waals surface area contributed by atoms with Gasteiger partial charge in [-0.15, -0.1) is 0 Å². The van der Waals surface area contributed by atoms with Crippen molar-refractivity contribution in [1.82, 2.24) is 25.9 Å². The highest BCUT2D eigenvalue weighted by atomic mass is 32.2. The van der Waals surface area contributed by atoms with Crippen LogP contribution in [0.3, 0.4) is 0 Å². The van der Waals surface area contributed by atoms with E-state index >= 15 is 0 Å². The fourth-order valence-corrected chi connectivity index (χ4v) is 3.68. The molecule has 0 aliphatic carbocycles. The maximum absolute atomic E-state index is 13.1. The van der Waals surface area contributed by atoms with Crippen LogP contribution in [-0.4, -0.2) is 70.3 Å². The second kappa shape index (κ2) is 14.0. The van der Waals surface area contributed by atoms with Gasteiger partial charge >= 0.3 is 0 Å². The molecule has 2 rings (SSSR count). The van der Waals surface area contributed by atoms with Crippen molar-refractivity contribution in [2.45, 2.75) is 37.4 Å². The van der Waals surface area contributed by atoms with Crippen molar-refractivity contribution in [2.24, 2.45) is 11.5 Å². The van der Waals surface area contributed by atoms with Gasteiger partial charge < -0.3 is 32.4 Å². The molecule has 8 N–H and O–H groups in total. The quantitative estimate of drug-likeness (QED) is 0.193. The van der Waals surface area contributed by atoms with Crippen LogP contribution < -0.4 is 27.4 Å². The normalized spacial score (nSPS) is 13.4. The molecule has 0 fully saturated rings. The standard InChI is InChI=1S/C22H31N7O4S/c1-34-8-7-16(20(24)31)28-21(32)17(9-14-5-3-2-4-6-14)29-22(33)18(27-19(30)11-23)10-15-12-25-13-26-15/h2-6,12-13,16-18H,7-11,23H2,1H3,(H2,24,31)(H,25,26)(H,27,30)(H,28,32)(H,29,33)/t16-,17-,18-/m0/s1. The molecule has 1 heterocycles. The van der Waals surface area contributed by atoms with Crippen LogP contribution in [0.1, 0.15) is 17.7 Å². The molecule has 4 amide bonds. The second-order valence-electron chi connectivity index (χ2n) is 7.60. The van der Waals surface area contributed by atoms with E-state index in [0.29, 0.717) is 17.9 Å². The summed E-state index contributed by atoms with van der Waals surface area (Å²) in [5, 5.41) is 7.93. The number of rotatable bonds is 14. The molecule has 0 spiro atoms. The summed E-state index contributed by atoms with van der Waals surface area (Å²) in [6.07, 6.45) is 5.53. The number of benzene rings is 1. The summed E-state index contributed by atoms with van der Waals surface area (Å²) in [6, 6.07) is 6.25. The van der Waals surface area contributed by atoms with Crippen LogP contribution >= 0.6 is 11.8 Å². The first kappa shape index (κ1) is 26.9. The Morgan fingerprint density at radius 1 is 1.00 bits per heavy atom. The minimum Gasteiger partial charge on any atom is -0.368 e. The van der Waals surface area contributed by atoms with Gasteiger partial charge in [-0.25, -0.2) is 4.98 Å². The minimum atomic E-state index is -1.01. The average molecular weight is 490 g/mol. The number of primary amides is 1. The monoisotopic (exact) mass is 489 g/mol. The van der Waals surface area contributed by atoms with Crippen molar-refractivity contribution in [1.29, 1.82) is 0 Å². The fourth-order valence-electron chi connectivity index (χ4n) is 3.20. The molecular formula is C22H31N7O4S. The smallest absolute Gasteiger partial charge is 0.243 e. The largest absolute Gasteiger partial charge is 0.368 e. The first-order valence-corrected chi connectivity index (χ1v) is 12.1. The predicted molar refractivity (Wildman–Crippen MR) is 129 cm³/mol. The maximum Gasteiger partial charge on any atom is 0.243 e. The van der Waals surface area contributed by atoms with Gasteiger partial charge in [-0.3, -0.25) is 19.2 Å². The molecule has 0 aliphatic rings. The zero-order chi connectivity index (χ0) is 24.9. The lowest BCUT2D eigenvalue weighted by atomic mass is 10.0. The summed E-state index contributed by atoms with van der Waals surface area (Å²) in [6.45, 7) is -0.295. The van der Waals surface area contributed by atoms with Crippen molar-refractivity contribution in [3.63, 3.8) is 0 Å². The van der Waals surface area contributed by atoms with Gasteiger partial charge in [0.05, 0.1) is 12.9 Å². The van der Waals surface area contributed by atoms with Crippen molar-refractivity contribution >= 4 is 35.4 Å². The molecule has 0 unspecified atom stereocenters. The molecule has 11 nitrogen and oxygen atoms in total. The Morgan fingerprint density at radius 2 is 1.65 bits per heavy atom. The number of H-pyrrole nitrogens is 1. The zero-order valence-electron chi connectivity index (χ0n) is 19.0. The van der Waals surface area contributed by atoms with Crippen molar-refractivity contribution in [3.8, 4) is 0 Å². The lowest BCUT2D eigenvalue weighted by Gasteiger charge is -2.24. The van der Waals surface area contributed by atoms with Gasteiger partial charge in [-0.2, -0.15) is 11.8 Å². The van der Waals surface area contributed by atoms with E-state index in [1.165, 1.54) is 24.3 Å². The van der Waals surface area contributed by atoms with E-state index in [4.69, 9.17) is 11.5 Å². The highest BCUT2D eigenvalue weighted by Crippen LogP contribution is 2.07.